The maximum Gasteiger partial charge on any atom is 0.276 e. The molecule has 0 aliphatic carbocycles. The number of anilines is 1. The lowest BCUT2D eigenvalue weighted by Crippen LogP contribution is -2.26. The van der Waals surface area contributed by atoms with Crippen LogP contribution in [0.1, 0.15) is 35.8 Å². The van der Waals surface area contributed by atoms with Gasteiger partial charge in [0.1, 0.15) is 5.69 Å². The molecule has 0 radical (unpaired) electrons. The lowest BCUT2D eigenvalue weighted by molar-refractivity contribution is 0.101. The van der Waals surface area contributed by atoms with Gasteiger partial charge in [0.05, 0.1) is 0 Å². The molecule has 22 heavy (non-hydrogen) atoms. The molecule has 5 nitrogen and oxygen atoms in total. The van der Waals surface area contributed by atoms with Gasteiger partial charge >= 0.3 is 0 Å². The Balaban J connectivity index is 2.22. The Morgan fingerprint density at radius 2 is 2.09 bits per heavy atom. The van der Waals surface area contributed by atoms with Gasteiger partial charge in [-0.15, -0.1) is 0 Å². The number of benzene rings is 1. The number of nitrogens with zero attached hydrogens (tertiary/aromatic N) is 2. The summed E-state index contributed by atoms with van der Waals surface area (Å²) in [4.78, 5) is 24.0. The topological polar surface area (TPSA) is 64.0 Å². The highest BCUT2D eigenvalue weighted by Crippen LogP contribution is 2.21. The zero-order chi connectivity index (χ0) is 16.1. The average molecular weight is 364 g/mol. The quantitative estimate of drug-likeness (QED) is 0.885. The van der Waals surface area contributed by atoms with Gasteiger partial charge in [-0.05, 0) is 37.1 Å². The van der Waals surface area contributed by atoms with Gasteiger partial charge in [0.15, 0.2) is 0 Å². The average Bonchev–Trinajstić information content (AvgIpc) is 2.50. The van der Waals surface area contributed by atoms with E-state index in [1.54, 1.807) is 0 Å². The second kappa shape index (κ2) is 7.35. The van der Waals surface area contributed by atoms with E-state index in [1.807, 2.05) is 32.0 Å². The number of hydrogen-bond donors (Lipinski definition) is 1. The summed E-state index contributed by atoms with van der Waals surface area (Å²) < 4.78 is 2.22. The van der Waals surface area contributed by atoms with E-state index in [4.69, 9.17) is 0 Å². The normalized spacial score (nSPS) is 10.5. The maximum atomic E-state index is 12.3. The third-order valence-electron chi connectivity index (χ3n) is 3.27. The minimum atomic E-state index is -0.327. The van der Waals surface area contributed by atoms with E-state index in [9.17, 15) is 9.59 Å². The molecule has 0 unspecified atom stereocenters. The smallest absolute Gasteiger partial charge is 0.276 e. The number of amides is 1. The van der Waals surface area contributed by atoms with E-state index in [2.05, 4.69) is 26.3 Å². The number of aromatic nitrogens is 2. The molecule has 0 spiro atoms. The van der Waals surface area contributed by atoms with E-state index < -0.39 is 0 Å². The van der Waals surface area contributed by atoms with Crippen molar-refractivity contribution in [3.8, 4) is 0 Å². The van der Waals surface area contributed by atoms with Crippen LogP contribution in [0, 0.1) is 6.92 Å². The van der Waals surface area contributed by atoms with Gasteiger partial charge in [-0.3, -0.25) is 9.59 Å². The second-order valence-corrected chi connectivity index (χ2v) is 5.96. The Morgan fingerprint density at radius 1 is 1.32 bits per heavy atom. The SMILES string of the molecule is CCCCn1nc(C(=O)Nc2cc(Br)ccc2C)ccc1=O. The molecule has 0 saturated carbocycles. The summed E-state index contributed by atoms with van der Waals surface area (Å²) in [5.41, 5.74) is 1.71. The maximum absolute atomic E-state index is 12.3. The summed E-state index contributed by atoms with van der Waals surface area (Å²) in [5, 5.41) is 6.96. The van der Waals surface area contributed by atoms with E-state index in [-0.39, 0.29) is 17.2 Å². The van der Waals surface area contributed by atoms with Gasteiger partial charge in [-0.1, -0.05) is 35.3 Å². The van der Waals surface area contributed by atoms with Crippen LogP contribution in [0.5, 0.6) is 0 Å². The molecule has 1 N–H and O–H groups in total. The Kier molecular flexibility index (Phi) is 5.49. The van der Waals surface area contributed by atoms with Crippen LogP contribution in [0.4, 0.5) is 5.69 Å². The highest BCUT2D eigenvalue weighted by molar-refractivity contribution is 9.10. The summed E-state index contributed by atoms with van der Waals surface area (Å²) in [5.74, 6) is -0.327. The molecule has 0 atom stereocenters. The fraction of sp³-hybridized carbons (Fsp3) is 0.312. The molecule has 2 rings (SSSR count). The van der Waals surface area contributed by atoms with Crippen LogP contribution in [-0.4, -0.2) is 15.7 Å². The number of nitrogens with one attached hydrogen (secondary N) is 1. The van der Waals surface area contributed by atoms with Crippen LogP contribution in [0.3, 0.4) is 0 Å². The lowest BCUT2D eigenvalue weighted by Gasteiger charge is -2.10. The summed E-state index contributed by atoms with van der Waals surface area (Å²) in [6, 6.07) is 8.49. The number of hydrogen-bond acceptors (Lipinski definition) is 3. The minimum absolute atomic E-state index is 0.191. The Labute approximate surface area is 137 Å². The molecule has 0 saturated heterocycles. The van der Waals surface area contributed by atoms with Crippen LogP contribution in [0.15, 0.2) is 39.6 Å². The minimum Gasteiger partial charge on any atom is -0.320 e. The number of halogens is 1. The fourth-order valence-corrected chi connectivity index (χ4v) is 2.31. The second-order valence-electron chi connectivity index (χ2n) is 5.05. The van der Waals surface area contributed by atoms with Crippen LogP contribution in [-0.2, 0) is 6.54 Å². The van der Waals surface area contributed by atoms with Crippen molar-refractivity contribution in [1.29, 1.82) is 0 Å². The summed E-state index contributed by atoms with van der Waals surface area (Å²) in [6.07, 6.45) is 1.81. The molecule has 0 bridgehead atoms. The van der Waals surface area contributed by atoms with E-state index in [1.165, 1.54) is 16.8 Å². The molecule has 0 aliphatic heterocycles. The van der Waals surface area contributed by atoms with Crippen LogP contribution in [0.25, 0.3) is 0 Å². The molecule has 1 amide bonds. The summed E-state index contributed by atoms with van der Waals surface area (Å²) in [6.45, 7) is 4.47. The first-order valence-corrected chi connectivity index (χ1v) is 7.96. The zero-order valence-corrected chi connectivity index (χ0v) is 14.2. The number of unbranched alkanes of at least 4 members (excludes halogenated alkanes) is 1. The lowest BCUT2D eigenvalue weighted by atomic mass is 10.2. The largest absolute Gasteiger partial charge is 0.320 e. The molecule has 1 heterocycles. The third kappa shape index (κ3) is 4.04. The van der Waals surface area contributed by atoms with Crippen LogP contribution >= 0.6 is 15.9 Å². The Hall–Kier alpha value is -1.95. The van der Waals surface area contributed by atoms with Crippen molar-refractivity contribution in [2.24, 2.45) is 0 Å². The van der Waals surface area contributed by atoms with Gasteiger partial charge in [-0.2, -0.15) is 5.10 Å². The first-order chi connectivity index (χ1) is 10.5. The van der Waals surface area contributed by atoms with Crippen LogP contribution in [0.2, 0.25) is 0 Å². The monoisotopic (exact) mass is 363 g/mol. The molecule has 116 valence electrons. The van der Waals surface area contributed by atoms with Crippen molar-refractivity contribution in [3.05, 3.63) is 56.4 Å². The van der Waals surface area contributed by atoms with Gasteiger partial charge in [0.2, 0.25) is 0 Å². The highest BCUT2D eigenvalue weighted by atomic mass is 79.9. The third-order valence-corrected chi connectivity index (χ3v) is 3.76. The molecule has 1 aromatic heterocycles. The first-order valence-electron chi connectivity index (χ1n) is 7.17. The van der Waals surface area contributed by atoms with Crippen molar-refractivity contribution < 1.29 is 4.79 Å². The highest BCUT2D eigenvalue weighted by Gasteiger charge is 2.11. The van der Waals surface area contributed by atoms with E-state index in [0.29, 0.717) is 12.2 Å². The van der Waals surface area contributed by atoms with Gasteiger partial charge < -0.3 is 5.32 Å². The van der Waals surface area contributed by atoms with Gasteiger partial charge in [-0.25, -0.2) is 4.68 Å². The molecule has 0 fully saturated rings. The molecule has 6 heteroatoms. The predicted molar refractivity (Wildman–Crippen MR) is 90.2 cm³/mol. The van der Waals surface area contributed by atoms with Crippen molar-refractivity contribution in [3.63, 3.8) is 0 Å². The van der Waals surface area contributed by atoms with Gasteiger partial charge in [0.25, 0.3) is 11.5 Å². The zero-order valence-electron chi connectivity index (χ0n) is 12.6. The standard InChI is InChI=1S/C16H18BrN3O2/c1-3-4-9-20-15(21)8-7-13(19-20)16(22)18-14-10-12(17)6-5-11(14)2/h5-8,10H,3-4,9H2,1-2H3,(H,18,22). The summed E-state index contributed by atoms with van der Waals surface area (Å²) >= 11 is 3.38. The molecular weight excluding hydrogens is 346 g/mol. The molecule has 1 aromatic carbocycles. The predicted octanol–water partition coefficient (Wildman–Crippen LogP) is 3.37. The first kappa shape index (κ1) is 16.4. The van der Waals surface area contributed by atoms with E-state index in [0.717, 1.165) is 22.9 Å². The number of carbonyl (C=O) groups excluding carboxylic acids is 1. The molecule has 0 aliphatic rings. The Bertz CT molecular complexity index is 740. The van der Waals surface area contributed by atoms with Crippen molar-refractivity contribution >= 4 is 27.5 Å². The number of carbonyl (C=O) groups is 1. The Morgan fingerprint density at radius 3 is 2.82 bits per heavy atom. The van der Waals surface area contributed by atoms with Gasteiger partial charge in [0, 0.05) is 22.8 Å². The molecular formula is C16H18BrN3O2. The number of rotatable bonds is 5. The fourth-order valence-electron chi connectivity index (χ4n) is 1.95. The van der Waals surface area contributed by atoms with Crippen molar-refractivity contribution in [2.75, 3.05) is 5.32 Å². The van der Waals surface area contributed by atoms with Crippen LogP contribution < -0.4 is 10.9 Å². The summed E-state index contributed by atoms with van der Waals surface area (Å²) in [7, 11) is 0. The van der Waals surface area contributed by atoms with E-state index >= 15 is 0 Å². The molecule has 2 aromatic rings. The number of aryl methyl sites for hydroxylation is 2. The van der Waals surface area contributed by atoms with Crippen molar-refractivity contribution in [1.82, 2.24) is 9.78 Å². The van der Waals surface area contributed by atoms with Crippen molar-refractivity contribution in [2.45, 2.75) is 33.2 Å².